The summed E-state index contributed by atoms with van der Waals surface area (Å²) < 4.78 is 32.8. The lowest BCUT2D eigenvalue weighted by atomic mass is 10.2. The Morgan fingerprint density at radius 3 is 2.61 bits per heavy atom. The van der Waals surface area contributed by atoms with Gasteiger partial charge in [0.2, 0.25) is 5.91 Å². The third kappa shape index (κ3) is 6.34. The smallest absolute Gasteiger partial charge is 0.271 e. The van der Waals surface area contributed by atoms with Gasteiger partial charge in [-0.1, -0.05) is 29.0 Å². The standard InChI is InChI=1S/C22H25N3O6S2/c1-3-31-13-12-24-19-15-17(25(27)28)8-11-20(19)32-22(24)23-21(26)5-4-14-33(29,30)18-9-6-16(2)7-10-18/h6-11,15H,3-5,12-14H2,1-2H3. The van der Waals surface area contributed by atoms with Crippen molar-refractivity contribution < 1.29 is 22.9 Å². The third-order valence-corrected chi connectivity index (χ3v) is 7.82. The van der Waals surface area contributed by atoms with Crippen molar-refractivity contribution in [2.75, 3.05) is 19.0 Å². The van der Waals surface area contributed by atoms with E-state index in [9.17, 15) is 23.3 Å². The van der Waals surface area contributed by atoms with E-state index in [0.717, 1.165) is 10.3 Å². The molecule has 1 amide bonds. The summed E-state index contributed by atoms with van der Waals surface area (Å²) >= 11 is 1.25. The molecule has 0 saturated carbocycles. The zero-order chi connectivity index (χ0) is 24.0. The predicted molar refractivity (Wildman–Crippen MR) is 126 cm³/mol. The normalized spacial score (nSPS) is 12.4. The summed E-state index contributed by atoms with van der Waals surface area (Å²) in [5.74, 6) is -0.597. The van der Waals surface area contributed by atoms with Gasteiger partial charge in [-0.15, -0.1) is 0 Å². The zero-order valence-electron chi connectivity index (χ0n) is 18.4. The average Bonchev–Trinajstić information content (AvgIpc) is 3.10. The molecule has 3 aromatic rings. The fourth-order valence-electron chi connectivity index (χ4n) is 3.21. The number of aryl methyl sites for hydroxylation is 1. The van der Waals surface area contributed by atoms with Crippen LogP contribution in [0.4, 0.5) is 5.69 Å². The van der Waals surface area contributed by atoms with Crippen molar-refractivity contribution in [2.24, 2.45) is 4.99 Å². The maximum absolute atomic E-state index is 12.5. The molecule has 33 heavy (non-hydrogen) atoms. The van der Waals surface area contributed by atoms with Crippen LogP contribution in [0.5, 0.6) is 0 Å². The van der Waals surface area contributed by atoms with Gasteiger partial charge in [0.25, 0.3) is 5.69 Å². The number of benzene rings is 2. The molecule has 176 valence electrons. The number of amides is 1. The van der Waals surface area contributed by atoms with Crippen LogP contribution >= 0.6 is 11.3 Å². The Hall–Kier alpha value is -2.89. The minimum atomic E-state index is -3.48. The summed E-state index contributed by atoms with van der Waals surface area (Å²) in [5.41, 5.74) is 1.52. The monoisotopic (exact) mass is 491 g/mol. The summed E-state index contributed by atoms with van der Waals surface area (Å²) in [5, 5.41) is 11.2. The number of sulfone groups is 1. The van der Waals surface area contributed by atoms with Gasteiger partial charge >= 0.3 is 0 Å². The first kappa shape index (κ1) is 24.7. The molecule has 2 aromatic carbocycles. The van der Waals surface area contributed by atoms with E-state index in [-0.39, 0.29) is 29.2 Å². The van der Waals surface area contributed by atoms with E-state index in [1.165, 1.54) is 23.5 Å². The highest BCUT2D eigenvalue weighted by molar-refractivity contribution is 7.91. The molecule has 0 N–H and O–H groups in total. The highest BCUT2D eigenvalue weighted by atomic mass is 32.2. The van der Waals surface area contributed by atoms with Gasteiger partial charge in [-0.25, -0.2) is 8.42 Å². The van der Waals surface area contributed by atoms with E-state index in [0.29, 0.717) is 30.1 Å². The highest BCUT2D eigenvalue weighted by Gasteiger charge is 2.16. The molecule has 0 radical (unpaired) electrons. The molecule has 1 heterocycles. The first-order chi connectivity index (χ1) is 15.7. The number of nitro groups is 1. The Bertz CT molecular complexity index is 1320. The van der Waals surface area contributed by atoms with Crippen molar-refractivity contribution in [3.63, 3.8) is 0 Å². The van der Waals surface area contributed by atoms with Gasteiger partial charge in [0, 0.05) is 31.7 Å². The number of nitrogens with zero attached hydrogens (tertiary/aromatic N) is 3. The minimum absolute atomic E-state index is 0.0229. The topological polar surface area (TPSA) is 121 Å². The molecule has 11 heteroatoms. The van der Waals surface area contributed by atoms with E-state index in [4.69, 9.17) is 4.74 Å². The Morgan fingerprint density at radius 1 is 1.21 bits per heavy atom. The molecular weight excluding hydrogens is 466 g/mol. The lowest BCUT2D eigenvalue weighted by Gasteiger charge is -2.06. The van der Waals surface area contributed by atoms with Gasteiger partial charge in [0.05, 0.1) is 32.4 Å². The van der Waals surface area contributed by atoms with E-state index in [1.54, 1.807) is 34.9 Å². The summed E-state index contributed by atoms with van der Waals surface area (Å²) in [6, 6.07) is 11.1. The van der Waals surface area contributed by atoms with E-state index < -0.39 is 20.7 Å². The first-order valence-corrected chi connectivity index (χ1v) is 12.9. The Labute approximate surface area is 195 Å². The van der Waals surface area contributed by atoms with Gasteiger partial charge in [-0.05, 0) is 38.5 Å². The second-order valence-corrected chi connectivity index (χ2v) is 10.5. The molecule has 1 aromatic heterocycles. The van der Waals surface area contributed by atoms with Crippen molar-refractivity contribution in [1.82, 2.24) is 4.57 Å². The largest absolute Gasteiger partial charge is 0.380 e. The van der Waals surface area contributed by atoms with E-state index in [2.05, 4.69) is 4.99 Å². The van der Waals surface area contributed by atoms with Gasteiger partial charge in [-0.2, -0.15) is 4.99 Å². The van der Waals surface area contributed by atoms with Gasteiger partial charge in [0.1, 0.15) is 0 Å². The molecule has 0 fully saturated rings. The fraction of sp³-hybridized carbons (Fsp3) is 0.364. The molecule has 3 rings (SSSR count). The molecule has 0 unspecified atom stereocenters. The maximum Gasteiger partial charge on any atom is 0.271 e. The van der Waals surface area contributed by atoms with Crippen LogP contribution in [0.2, 0.25) is 0 Å². The third-order valence-electron chi connectivity index (χ3n) is 4.94. The molecule has 0 saturated heterocycles. The number of hydrogen-bond donors (Lipinski definition) is 0. The molecule has 0 aliphatic carbocycles. The lowest BCUT2D eigenvalue weighted by Crippen LogP contribution is -2.20. The fourth-order valence-corrected chi connectivity index (χ4v) is 5.58. The molecule has 0 spiro atoms. The number of carbonyl (C=O) groups excluding carboxylic acids is 1. The van der Waals surface area contributed by atoms with Crippen molar-refractivity contribution in [1.29, 1.82) is 0 Å². The molecule has 0 aliphatic heterocycles. The Balaban J connectivity index is 1.79. The summed E-state index contributed by atoms with van der Waals surface area (Å²) in [6.45, 7) is 5.00. The van der Waals surface area contributed by atoms with Crippen LogP contribution in [-0.2, 0) is 25.9 Å². The van der Waals surface area contributed by atoms with Gasteiger partial charge in [0.15, 0.2) is 14.6 Å². The summed E-state index contributed by atoms with van der Waals surface area (Å²) in [6.07, 6.45) is 0.124. The van der Waals surface area contributed by atoms with Crippen LogP contribution in [0, 0.1) is 17.0 Å². The molecule has 9 nitrogen and oxygen atoms in total. The van der Waals surface area contributed by atoms with Crippen LogP contribution in [-0.4, -0.2) is 42.8 Å². The average molecular weight is 492 g/mol. The number of fused-ring (bicyclic) bond motifs is 1. The SMILES string of the molecule is CCOCCn1c(=NC(=O)CCCS(=O)(=O)c2ccc(C)cc2)sc2ccc([N+](=O)[O-])cc21. The second kappa shape index (κ2) is 10.8. The van der Waals surface area contributed by atoms with Crippen molar-refractivity contribution >= 4 is 43.0 Å². The number of non-ortho nitro benzene ring substituents is 1. The minimum Gasteiger partial charge on any atom is -0.380 e. The van der Waals surface area contributed by atoms with E-state index >= 15 is 0 Å². The van der Waals surface area contributed by atoms with Crippen LogP contribution in [0.25, 0.3) is 10.2 Å². The number of aromatic nitrogens is 1. The van der Waals surface area contributed by atoms with Crippen LogP contribution in [0.1, 0.15) is 25.3 Å². The summed E-state index contributed by atoms with van der Waals surface area (Å²) in [4.78, 5) is 28.0. The number of rotatable bonds is 10. The number of carbonyl (C=O) groups is 1. The number of thiazole rings is 1. The maximum atomic E-state index is 12.5. The Morgan fingerprint density at radius 2 is 1.94 bits per heavy atom. The quantitative estimate of drug-likeness (QED) is 0.243. The highest BCUT2D eigenvalue weighted by Crippen LogP contribution is 2.23. The lowest BCUT2D eigenvalue weighted by molar-refractivity contribution is -0.384. The van der Waals surface area contributed by atoms with Gasteiger partial charge in [-0.3, -0.25) is 14.9 Å². The first-order valence-electron chi connectivity index (χ1n) is 10.4. The van der Waals surface area contributed by atoms with E-state index in [1.807, 2.05) is 13.8 Å². The van der Waals surface area contributed by atoms with Gasteiger partial charge < -0.3 is 9.30 Å². The Kier molecular flexibility index (Phi) is 8.11. The number of nitro benzene ring substituents is 1. The zero-order valence-corrected chi connectivity index (χ0v) is 20.0. The van der Waals surface area contributed by atoms with Crippen molar-refractivity contribution in [3.05, 3.63) is 62.9 Å². The predicted octanol–water partition coefficient (Wildman–Crippen LogP) is 3.64. The molecule has 0 atom stereocenters. The van der Waals surface area contributed by atoms with Crippen molar-refractivity contribution in [3.8, 4) is 0 Å². The summed E-state index contributed by atoms with van der Waals surface area (Å²) in [7, 11) is -3.48. The second-order valence-electron chi connectivity index (χ2n) is 7.38. The number of hydrogen-bond acceptors (Lipinski definition) is 7. The molecule has 0 bridgehead atoms. The molecule has 0 aliphatic rings. The van der Waals surface area contributed by atoms with Crippen LogP contribution < -0.4 is 4.80 Å². The number of ether oxygens (including phenoxy) is 1. The van der Waals surface area contributed by atoms with Crippen molar-refractivity contribution in [2.45, 2.75) is 38.1 Å². The molecular formula is C22H25N3O6S2. The van der Waals surface area contributed by atoms with Crippen LogP contribution in [0.15, 0.2) is 52.4 Å². The van der Waals surface area contributed by atoms with Crippen LogP contribution in [0.3, 0.4) is 0 Å².